The van der Waals surface area contributed by atoms with Crippen molar-refractivity contribution in [1.82, 2.24) is 10.2 Å². The van der Waals surface area contributed by atoms with Crippen LogP contribution in [-0.2, 0) is 5.41 Å². The van der Waals surface area contributed by atoms with E-state index in [0.717, 1.165) is 55.9 Å². The van der Waals surface area contributed by atoms with Crippen molar-refractivity contribution < 1.29 is 23.0 Å². The van der Waals surface area contributed by atoms with Crippen LogP contribution in [0.5, 0.6) is 11.5 Å². The molecular weight excluding hydrogens is 428 g/mol. The summed E-state index contributed by atoms with van der Waals surface area (Å²) >= 11 is 0. The highest BCUT2D eigenvalue weighted by Gasteiger charge is 2.50. The summed E-state index contributed by atoms with van der Waals surface area (Å²) in [6, 6.07) is 9.38. The summed E-state index contributed by atoms with van der Waals surface area (Å²) in [5.41, 5.74) is 1.45. The second-order valence-electron chi connectivity index (χ2n) is 8.90. The average Bonchev–Trinajstić information content (AvgIpc) is 3.13. The standard InChI is InChI=1S/C25H31F2N3O3/c1-4-33-22-13-16(5-8-21(22)32-3)25-10-9-18(15-23(25)30(2)12-11-25)29-24(31)28-17-6-7-19(26)20(27)14-17/h5-8,13-14,18,23H,4,9-12,15H2,1-3H3,(H2,28,29,31). The third-order valence-corrected chi connectivity index (χ3v) is 7.08. The molecule has 0 bridgehead atoms. The number of hydrogen-bond acceptors (Lipinski definition) is 4. The Balaban J connectivity index is 1.48. The van der Waals surface area contributed by atoms with Crippen LogP contribution in [-0.4, -0.2) is 50.3 Å². The number of likely N-dealkylation sites (tertiary alicyclic amines) is 1. The molecule has 0 spiro atoms. The van der Waals surface area contributed by atoms with Gasteiger partial charge < -0.3 is 25.0 Å². The first-order valence-corrected chi connectivity index (χ1v) is 11.4. The first-order chi connectivity index (χ1) is 15.9. The van der Waals surface area contributed by atoms with Gasteiger partial charge in [-0.05, 0) is 76.0 Å². The van der Waals surface area contributed by atoms with Crippen molar-refractivity contribution in [2.75, 3.05) is 32.6 Å². The molecule has 4 rings (SSSR count). The van der Waals surface area contributed by atoms with Crippen LogP contribution < -0.4 is 20.1 Å². The monoisotopic (exact) mass is 459 g/mol. The van der Waals surface area contributed by atoms with Gasteiger partial charge in [0.2, 0.25) is 0 Å². The molecule has 1 saturated heterocycles. The smallest absolute Gasteiger partial charge is 0.319 e. The third kappa shape index (κ3) is 4.62. The zero-order chi connectivity index (χ0) is 23.6. The Kier molecular flexibility index (Phi) is 6.74. The maximum absolute atomic E-state index is 13.4. The second kappa shape index (κ2) is 9.55. The molecule has 2 aromatic rings. The lowest BCUT2D eigenvalue weighted by atomic mass is 9.65. The normalized spacial score (nSPS) is 24.8. The fourth-order valence-corrected chi connectivity index (χ4v) is 5.43. The molecule has 0 radical (unpaired) electrons. The number of carbonyl (C=O) groups excluding carboxylic acids is 1. The van der Waals surface area contributed by atoms with E-state index in [9.17, 15) is 13.6 Å². The molecule has 3 atom stereocenters. The Morgan fingerprint density at radius 3 is 2.70 bits per heavy atom. The Morgan fingerprint density at radius 1 is 1.15 bits per heavy atom. The van der Waals surface area contributed by atoms with Crippen molar-refractivity contribution >= 4 is 11.7 Å². The predicted octanol–water partition coefficient (Wildman–Crippen LogP) is 4.69. The molecule has 2 fully saturated rings. The van der Waals surface area contributed by atoms with E-state index < -0.39 is 17.7 Å². The van der Waals surface area contributed by atoms with Crippen molar-refractivity contribution in [3.8, 4) is 11.5 Å². The minimum absolute atomic E-state index is 0.0123. The summed E-state index contributed by atoms with van der Waals surface area (Å²) in [7, 11) is 3.77. The fourth-order valence-electron chi connectivity index (χ4n) is 5.43. The second-order valence-corrected chi connectivity index (χ2v) is 8.90. The van der Waals surface area contributed by atoms with Crippen LogP contribution in [0, 0.1) is 11.6 Å². The number of methoxy groups -OCH3 is 1. The molecule has 2 amide bonds. The number of carbonyl (C=O) groups is 1. The maximum Gasteiger partial charge on any atom is 0.319 e. The molecular formula is C25H31F2N3O3. The quantitative estimate of drug-likeness (QED) is 0.658. The van der Waals surface area contributed by atoms with E-state index in [4.69, 9.17) is 9.47 Å². The number of rotatable bonds is 6. The maximum atomic E-state index is 13.4. The number of benzene rings is 2. The molecule has 0 aromatic heterocycles. The van der Waals surface area contributed by atoms with Gasteiger partial charge in [-0.2, -0.15) is 0 Å². The SMILES string of the molecule is CCOc1cc(C23CCC(NC(=O)Nc4ccc(F)c(F)c4)CC2N(C)CC3)ccc1OC. The van der Waals surface area contributed by atoms with E-state index in [0.29, 0.717) is 6.61 Å². The van der Waals surface area contributed by atoms with Gasteiger partial charge in [-0.15, -0.1) is 0 Å². The van der Waals surface area contributed by atoms with Crippen molar-refractivity contribution in [2.45, 2.75) is 50.1 Å². The van der Waals surface area contributed by atoms with Crippen LogP contribution in [0.15, 0.2) is 36.4 Å². The molecule has 1 heterocycles. The van der Waals surface area contributed by atoms with E-state index in [1.54, 1.807) is 7.11 Å². The molecule has 3 unspecified atom stereocenters. The molecule has 2 aliphatic rings. The number of nitrogens with zero attached hydrogens (tertiary/aromatic N) is 1. The Bertz CT molecular complexity index is 1020. The molecule has 1 aliphatic heterocycles. The minimum Gasteiger partial charge on any atom is -0.493 e. The number of anilines is 1. The van der Waals surface area contributed by atoms with Crippen LogP contribution in [0.4, 0.5) is 19.3 Å². The summed E-state index contributed by atoms with van der Waals surface area (Å²) in [6.45, 7) is 3.50. The summed E-state index contributed by atoms with van der Waals surface area (Å²) in [5.74, 6) is -0.455. The van der Waals surface area contributed by atoms with Gasteiger partial charge >= 0.3 is 6.03 Å². The lowest BCUT2D eigenvalue weighted by Gasteiger charge is -2.45. The van der Waals surface area contributed by atoms with E-state index in [1.165, 1.54) is 11.6 Å². The number of nitrogens with one attached hydrogen (secondary N) is 2. The lowest BCUT2D eigenvalue weighted by Crippen LogP contribution is -2.52. The van der Waals surface area contributed by atoms with Gasteiger partial charge in [0.25, 0.3) is 0 Å². The van der Waals surface area contributed by atoms with Gasteiger partial charge in [0.05, 0.1) is 13.7 Å². The fraction of sp³-hybridized carbons (Fsp3) is 0.480. The summed E-state index contributed by atoms with van der Waals surface area (Å²) in [6.07, 6.45) is 3.60. The van der Waals surface area contributed by atoms with Crippen LogP contribution in [0.25, 0.3) is 0 Å². The summed E-state index contributed by atoms with van der Waals surface area (Å²) in [5, 5.41) is 5.62. The molecule has 2 N–H and O–H groups in total. The van der Waals surface area contributed by atoms with Crippen LogP contribution in [0.2, 0.25) is 0 Å². The van der Waals surface area contributed by atoms with E-state index in [1.807, 2.05) is 13.0 Å². The zero-order valence-electron chi connectivity index (χ0n) is 19.3. The number of hydrogen-bond donors (Lipinski definition) is 2. The lowest BCUT2D eigenvalue weighted by molar-refractivity contribution is 0.156. The van der Waals surface area contributed by atoms with Crippen molar-refractivity contribution in [1.29, 1.82) is 0 Å². The van der Waals surface area contributed by atoms with Crippen molar-refractivity contribution in [3.05, 3.63) is 53.6 Å². The van der Waals surface area contributed by atoms with Gasteiger partial charge in [-0.25, -0.2) is 13.6 Å². The van der Waals surface area contributed by atoms with Crippen molar-refractivity contribution in [3.63, 3.8) is 0 Å². The molecule has 2 aromatic carbocycles. The van der Waals surface area contributed by atoms with Crippen LogP contribution in [0.1, 0.15) is 38.2 Å². The van der Waals surface area contributed by atoms with E-state index in [2.05, 4.69) is 34.7 Å². The number of fused-ring (bicyclic) bond motifs is 1. The zero-order valence-corrected chi connectivity index (χ0v) is 19.3. The highest BCUT2D eigenvalue weighted by atomic mass is 19.2. The van der Waals surface area contributed by atoms with E-state index in [-0.39, 0.29) is 23.2 Å². The van der Waals surface area contributed by atoms with Crippen molar-refractivity contribution in [2.24, 2.45) is 0 Å². The number of halogens is 2. The Morgan fingerprint density at radius 2 is 1.97 bits per heavy atom. The summed E-state index contributed by atoms with van der Waals surface area (Å²) in [4.78, 5) is 14.9. The van der Waals surface area contributed by atoms with Crippen LogP contribution >= 0.6 is 0 Å². The number of urea groups is 1. The highest BCUT2D eigenvalue weighted by Crippen LogP contribution is 2.49. The number of amides is 2. The topological polar surface area (TPSA) is 62.8 Å². The minimum atomic E-state index is -0.992. The average molecular weight is 460 g/mol. The van der Waals surface area contributed by atoms with Gasteiger partial charge in [-0.1, -0.05) is 6.07 Å². The van der Waals surface area contributed by atoms with Gasteiger partial charge in [0.1, 0.15) is 0 Å². The van der Waals surface area contributed by atoms with Gasteiger partial charge in [-0.3, -0.25) is 0 Å². The first kappa shape index (κ1) is 23.3. The largest absolute Gasteiger partial charge is 0.493 e. The Hall–Kier alpha value is -2.87. The first-order valence-electron chi connectivity index (χ1n) is 11.4. The van der Waals surface area contributed by atoms with Gasteiger partial charge in [0, 0.05) is 29.3 Å². The molecule has 33 heavy (non-hydrogen) atoms. The number of likely N-dealkylation sites (N-methyl/N-ethyl adjacent to an activating group) is 1. The number of ether oxygens (including phenoxy) is 2. The molecule has 178 valence electrons. The van der Waals surface area contributed by atoms with E-state index >= 15 is 0 Å². The summed E-state index contributed by atoms with van der Waals surface area (Å²) < 4.78 is 37.9. The molecule has 6 nitrogen and oxygen atoms in total. The third-order valence-electron chi connectivity index (χ3n) is 7.08. The highest BCUT2D eigenvalue weighted by molar-refractivity contribution is 5.89. The van der Waals surface area contributed by atoms with Gasteiger partial charge in [0.15, 0.2) is 23.1 Å². The molecule has 1 saturated carbocycles. The molecule has 1 aliphatic carbocycles. The predicted molar refractivity (Wildman–Crippen MR) is 123 cm³/mol. The Labute approximate surface area is 193 Å². The molecule has 8 heteroatoms. The van der Waals surface area contributed by atoms with Crippen LogP contribution in [0.3, 0.4) is 0 Å².